The van der Waals surface area contributed by atoms with Crippen LogP contribution in [-0.2, 0) is 6.42 Å². The Morgan fingerprint density at radius 1 is 1.33 bits per heavy atom. The molecule has 1 heterocycles. The van der Waals surface area contributed by atoms with E-state index in [0.29, 0.717) is 0 Å². The molecule has 78 valence electrons. The number of aryl methyl sites for hydroxylation is 1. The Morgan fingerprint density at radius 2 is 2.13 bits per heavy atom. The van der Waals surface area contributed by atoms with Gasteiger partial charge in [0.15, 0.2) is 0 Å². The van der Waals surface area contributed by atoms with Crippen LogP contribution in [0.5, 0.6) is 0 Å². The van der Waals surface area contributed by atoms with E-state index in [9.17, 15) is 0 Å². The lowest BCUT2D eigenvalue weighted by Crippen LogP contribution is -1.82. The summed E-state index contributed by atoms with van der Waals surface area (Å²) >= 11 is 0. The molecule has 2 aromatic rings. The number of hydrogen-bond donors (Lipinski definition) is 1. The minimum Gasteiger partial charge on any atom is -0.355 e. The Hall–Kier alpha value is -1.50. The number of aromatic amines is 1. The average Bonchev–Trinajstić information content (AvgIpc) is 2.61. The normalized spacial score (nSPS) is 10.8. The zero-order valence-electron chi connectivity index (χ0n) is 9.43. The van der Waals surface area contributed by atoms with E-state index in [1.165, 1.54) is 22.9 Å². The third-order valence-corrected chi connectivity index (χ3v) is 2.69. The second kappa shape index (κ2) is 3.93. The van der Waals surface area contributed by atoms with Crippen LogP contribution in [0.15, 0.2) is 30.8 Å². The summed E-state index contributed by atoms with van der Waals surface area (Å²) in [5.74, 6) is 0. The monoisotopic (exact) mass is 199 g/mol. The molecule has 0 spiro atoms. The number of benzene rings is 1. The molecule has 0 fully saturated rings. The van der Waals surface area contributed by atoms with Gasteiger partial charge in [0, 0.05) is 16.6 Å². The molecule has 0 saturated carbocycles. The van der Waals surface area contributed by atoms with Crippen LogP contribution in [-0.4, -0.2) is 4.98 Å². The van der Waals surface area contributed by atoms with Crippen LogP contribution >= 0.6 is 0 Å². The zero-order chi connectivity index (χ0) is 10.8. The molecule has 1 N–H and O–H groups in total. The van der Waals surface area contributed by atoms with Gasteiger partial charge in [-0.3, -0.25) is 0 Å². The lowest BCUT2D eigenvalue weighted by atomic mass is 10.1. The van der Waals surface area contributed by atoms with Crippen molar-refractivity contribution in [2.45, 2.75) is 26.7 Å². The molecular formula is C14H17N. The van der Waals surface area contributed by atoms with Crippen LogP contribution in [0.2, 0.25) is 0 Å². The molecule has 1 aromatic carbocycles. The molecule has 0 radical (unpaired) electrons. The van der Waals surface area contributed by atoms with Crippen molar-refractivity contribution >= 4 is 16.5 Å². The minimum absolute atomic E-state index is 1.09. The largest absolute Gasteiger partial charge is 0.355 e. The van der Waals surface area contributed by atoms with E-state index in [1.807, 2.05) is 6.92 Å². The van der Waals surface area contributed by atoms with Crippen LogP contribution in [0.3, 0.4) is 0 Å². The highest BCUT2D eigenvalue weighted by Crippen LogP contribution is 2.21. The van der Waals surface area contributed by atoms with Crippen molar-refractivity contribution in [3.63, 3.8) is 0 Å². The van der Waals surface area contributed by atoms with Gasteiger partial charge >= 0.3 is 0 Å². The number of nitrogens with one attached hydrogen (secondary N) is 1. The van der Waals surface area contributed by atoms with Crippen LogP contribution in [0, 0.1) is 0 Å². The summed E-state index contributed by atoms with van der Waals surface area (Å²) < 4.78 is 0. The molecule has 1 aromatic heterocycles. The topological polar surface area (TPSA) is 15.8 Å². The first-order chi connectivity index (χ1) is 7.20. The van der Waals surface area contributed by atoms with E-state index in [0.717, 1.165) is 17.7 Å². The van der Waals surface area contributed by atoms with E-state index < -0.39 is 0 Å². The Labute approximate surface area is 90.8 Å². The van der Waals surface area contributed by atoms with Gasteiger partial charge in [-0.1, -0.05) is 32.1 Å². The van der Waals surface area contributed by atoms with E-state index in [-0.39, 0.29) is 0 Å². The molecule has 1 nitrogen and oxygen atoms in total. The van der Waals surface area contributed by atoms with E-state index in [1.54, 1.807) is 0 Å². The molecule has 0 aliphatic heterocycles. The van der Waals surface area contributed by atoms with E-state index in [4.69, 9.17) is 0 Å². The lowest BCUT2D eigenvalue weighted by Gasteiger charge is -1.97. The molecule has 15 heavy (non-hydrogen) atoms. The first-order valence-electron chi connectivity index (χ1n) is 5.48. The molecule has 0 aliphatic rings. The van der Waals surface area contributed by atoms with Crippen LogP contribution in [0.4, 0.5) is 0 Å². The number of hydrogen-bond acceptors (Lipinski definition) is 0. The Kier molecular flexibility index (Phi) is 2.63. The van der Waals surface area contributed by atoms with Gasteiger partial charge in [0.2, 0.25) is 0 Å². The highest BCUT2D eigenvalue weighted by molar-refractivity contribution is 5.84. The van der Waals surface area contributed by atoms with Gasteiger partial charge in [0.05, 0.1) is 0 Å². The predicted molar refractivity (Wildman–Crippen MR) is 67.0 cm³/mol. The number of rotatable bonds is 3. The molecule has 0 amide bonds. The fraction of sp³-hybridized carbons (Fsp3) is 0.286. The number of fused-ring (bicyclic) bond motifs is 1. The molecule has 0 unspecified atom stereocenters. The standard InChI is InChI=1S/C14H17N/c1-4-5-11-6-7-12-9-13(10(2)3)15-14(12)8-11/h6-9,15H,2,4-5H2,1,3H3. The number of H-pyrrole nitrogens is 1. The Morgan fingerprint density at radius 3 is 2.80 bits per heavy atom. The first-order valence-corrected chi connectivity index (χ1v) is 5.48. The van der Waals surface area contributed by atoms with Crippen molar-refractivity contribution in [1.29, 1.82) is 0 Å². The zero-order valence-corrected chi connectivity index (χ0v) is 9.43. The molecule has 1 heteroatoms. The summed E-state index contributed by atoms with van der Waals surface area (Å²) in [7, 11) is 0. The molecule has 0 bridgehead atoms. The number of allylic oxidation sites excluding steroid dienone is 1. The molecule has 0 atom stereocenters. The maximum Gasteiger partial charge on any atom is 0.0461 e. The summed E-state index contributed by atoms with van der Waals surface area (Å²) in [5, 5.41) is 1.27. The highest BCUT2D eigenvalue weighted by Gasteiger charge is 2.01. The SMILES string of the molecule is C=C(C)c1cc2ccc(CCC)cc2[nH]1. The van der Waals surface area contributed by atoms with Gasteiger partial charge in [-0.15, -0.1) is 0 Å². The van der Waals surface area contributed by atoms with Crippen molar-refractivity contribution in [3.8, 4) is 0 Å². The van der Waals surface area contributed by atoms with Gasteiger partial charge in [-0.2, -0.15) is 0 Å². The van der Waals surface area contributed by atoms with Gasteiger partial charge in [0.1, 0.15) is 0 Å². The van der Waals surface area contributed by atoms with Crippen molar-refractivity contribution in [2.24, 2.45) is 0 Å². The van der Waals surface area contributed by atoms with Gasteiger partial charge in [-0.05, 0) is 36.6 Å². The third-order valence-electron chi connectivity index (χ3n) is 2.69. The minimum atomic E-state index is 1.09. The molecule has 0 aliphatic carbocycles. The van der Waals surface area contributed by atoms with Crippen molar-refractivity contribution in [2.75, 3.05) is 0 Å². The molecule has 2 rings (SSSR count). The quantitative estimate of drug-likeness (QED) is 0.764. The first kappa shape index (κ1) is 10.0. The summed E-state index contributed by atoms with van der Waals surface area (Å²) in [6, 6.07) is 8.80. The van der Waals surface area contributed by atoms with Gasteiger partial charge in [0.25, 0.3) is 0 Å². The second-order valence-corrected chi connectivity index (χ2v) is 4.13. The van der Waals surface area contributed by atoms with E-state index in [2.05, 4.69) is 42.8 Å². The Bertz CT molecular complexity index is 491. The fourth-order valence-electron chi connectivity index (χ4n) is 1.85. The van der Waals surface area contributed by atoms with E-state index >= 15 is 0 Å². The summed E-state index contributed by atoms with van der Waals surface area (Å²) in [6.07, 6.45) is 2.34. The third kappa shape index (κ3) is 1.96. The van der Waals surface area contributed by atoms with Gasteiger partial charge < -0.3 is 4.98 Å². The average molecular weight is 199 g/mol. The summed E-state index contributed by atoms with van der Waals surface area (Å²) in [4.78, 5) is 3.39. The van der Waals surface area contributed by atoms with Crippen molar-refractivity contribution in [3.05, 3.63) is 42.1 Å². The smallest absolute Gasteiger partial charge is 0.0461 e. The predicted octanol–water partition coefficient (Wildman–Crippen LogP) is 4.15. The molecule has 0 saturated heterocycles. The maximum absolute atomic E-state index is 3.95. The second-order valence-electron chi connectivity index (χ2n) is 4.13. The molecular weight excluding hydrogens is 182 g/mol. The fourth-order valence-corrected chi connectivity index (χ4v) is 1.85. The maximum atomic E-state index is 3.95. The number of aromatic nitrogens is 1. The van der Waals surface area contributed by atoms with Crippen LogP contribution in [0.1, 0.15) is 31.5 Å². The summed E-state index contributed by atoms with van der Waals surface area (Å²) in [6.45, 7) is 8.18. The van der Waals surface area contributed by atoms with Gasteiger partial charge in [-0.25, -0.2) is 0 Å². The van der Waals surface area contributed by atoms with Crippen LogP contribution < -0.4 is 0 Å². The van der Waals surface area contributed by atoms with Crippen LogP contribution in [0.25, 0.3) is 16.5 Å². The summed E-state index contributed by atoms with van der Waals surface area (Å²) in [5.41, 5.74) is 4.85. The van der Waals surface area contributed by atoms with Crippen molar-refractivity contribution < 1.29 is 0 Å². The van der Waals surface area contributed by atoms with Crippen molar-refractivity contribution in [1.82, 2.24) is 4.98 Å². The Balaban J connectivity index is 2.47. The highest BCUT2D eigenvalue weighted by atomic mass is 14.7. The lowest BCUT2D eigenvalue weighted by molar-refractivity contribution is 0.923.